The van der Waals surface area contributed by atoms with Crippen molar-refractivity contribution in [3.05, 3.63) is 59.2 Å². The minimum Gasteiger partial charge on any atom is -0.497 e. The second-order valence-electron chi connectivity index (χ2n) is 4.74. The van der Waals surface area contributed by atoms with Gasteiger partial charge >= 0.3 is 0 Å². The molecule has 0 fully saturated rings. The fraction of sp³-hybridized carbons (Fsp3) is 0.294. The fourth-order valence-electron chi connectivity index (χ4n) is 2.16. The van der Waals surface area contributed by atoms with Crippen LogP contribution in [0.2, 0.25) is 0 Å². The number of aryl methyl sites for hydroxylation is 1. The lowest BCUT2D eigenvalue weighted by molar-refractivity contribution is 0.393. The van der Waals surface area contributed by atoms with E-state index in [0.29, 0.717) is 0 Å². The van der Waals surface area contributed by atoms with Crippen molar-refractivity contribution in [2.75, 3.05) is 14.2 Å². The zero-order valence-corrected chi connectivity index (χ0v) is 12.8. The minimum atomic E-state index is -0.111. The molecular weight excluding hydrogens is 272 g/mol. The molecule has 0 saturated heterocycles. The second kappa shape index (κ2) is 6.67. The number of hydrogen-bond acceptors (Lipinski definition) is 2. The highest BCUT2D eigenvalue weighted by atomic mass is 35.5. The van der Waals surface area contributed by atoms with E-state index in [1.54, 1.807) is 14.2 Å². The van der Waals surface area contributed by atoms with Gasteiger partial charge in [-0.3, -0.25) is 0 Å². The highest BCUT2D eigenvalue weighted by molar-refractivity contribution is 6.21. The maximum absolute atomic E-state index is 6.56. The van der Waals surface area contributed by atoms with E-state index in [2.05, 4.69) is 19.1 Å². The van der Waals surface area contributed by atoms with Gasteiger partial charge in [0.25, 0.3) is 0 Å². The molecule has 3 heteroatoms. The van der Waals surface area contributed by atoms with Crippen LogP contribution in [-0.4, -0.2) is 14.2 Å². The number of hydrogen-bond donors (Lipinski definition) is 0. The molecule has 1 atom stereocenters. The van der Waals surface area contributed by atoms with Gasteiger partial charge in [-0.05, 0) is 42.2 Å². The van der Waals surface area contributed by atoms with Crippen molar-refractivity contribution < 1.29 is 9.47 Å². The van der Waals surface area contributed by atoms with E-state index in [1.807, 2.05) is 30.3 Å². The van der Waals surface area contributed by atoms with E-state index in [0.717, 1.165) is 23.5 Å². The van der Waals surface area contributed by atoms with Crippen LogP contribution >= 0.6 is 11.6 Å². The van der Waals surface area contributed by atoms with Gasteiger partial charge in [0.05, 0.1) is 19.6 Å². The van der Waals surface area contributed by atoms with Crippen LogP contribution < -0.4 is 9.47 Å². The Morgan fingerprint density at radius 3 is 2.15 bits per heavy atom. The number of rotatable bonds is 5. The van der Waals surface area contributed by atoms with Gasteiger partial charge < -0.3 is 9.47 Å². The number of benzene rings is 2. The Morgan fingerprint density at radius 2 is 1.60 bits per heavy atom. The van der Waals surface area contributed by atoms with Gasteiger partial charge in [0.2, 0.25) is 0 Å². The van der Waals surface area contributed by atoms with E-state index in [9.17, 15) is 0 Å². The molecule has 0 aliphatic carbocycles. The molecule has 0 spiro atoms. The standard InChI is InChI=1S/C17H19ClO2/c1-12-6-4-5-7-13(12)10-17(18)14-8-15(19-2)11-16(9-14)20-3/h4-9,11,17H,10H2,1-3H3. The first-order chi connectivity index (χ1) is 9.63. The molecule has 0 aliphatic heterocycles. The van der Waals surface area contributed by atoms with Crippen LogP contribution in [0, 0.1) is 6.92 Å². The summed E-state index contributed by atoms with van der Waals surface area (Å²) < 4.78 is 10.6. The average Bonchev–Trinajstić information content (AvgIpc) is 2.48. The fourth-order valence-corrected chi connectivity index (χ4v) is 2.45. The maximum Gasteiger partial charge on any atom is 0.122 e. The molecular formula is C17H19ClO2. The topological polar surface area (TPSA) is 18.5 Å². The van der Waals surface area contributed by atoms with E-state index in [-0.39, 0.29) is 5.38 Å². The summed E-state index contributed by atoms with van der Waals surface area (Å²) in [4.78, 5) is 0. The normalized spacial score (nSPS) is 12.0. The summed E-state index contributed by atoms with van der Waals surface area (Å²) in [6, 6.07) is 14.1. The third kappa shape index (κ3) is 3.45. The van der Waals surface area contributed by atoms with Crippen LogP contribution in [0.5, 0.6) is 11.5 Å². The van der Waals surface area contributed by atoms with E-state index in [1.165, 1.54) is 11.1 Å². The second-order valence-corrected chi connectivity index (χ2v) is 5.27. The van der Waals surface area contributed by atoms with Crippen molar-refractivity contribution in [2.45, 2.75) is 18.7 Å². The zero-order chi connectivity index (χ0) is 14.5. The monoisotopic (exact) mass is 290 g/mol. The van der Waals surface area contributed by atoms with Crippen molar-refractivity contribution in [2.24, 2.45) is 0 Å². The van der Waals surface area contributed by atoms with Crippen LogP contribution in [0.3, 0.4) is 0 Å². The van der Waals surface area contributed by atoms with Crippen molar-refractivity contribution >= 4 is 11.6 Å². The van der Waals surface area contributed by atoms with Crippen molar-refractivity contribution in [1.29, 1.82) is 0 Å². The smallest absolute Gasteiger partial charge is 0.122 e. The predicted octanol–water partition coefficient (Wildman–Crippen LogP) is 4.53. The average molecular weight is 291 g/mol. The number of alkyl halides is 1. The summed E-state index contributed by atoms with van der Waals surface area (Å²) >= 11 is 6.56. The molecule has 0 aromatic heterocycles. The van der Waals surface area contributed by atoms with Gasteiger partial charge in [-0.1, -0.05) is 24.3 Å². The summed E-state index contributed by atoms with van der Waals surface area (Å²) in [5, 5.41) is -0.111. The Labute approximate surface area is 125 Å². The SMILES string of the molecule is COc1cc(OC)cc(C(Cl)Cc2ccccc2C)c1. The Bertz CT molecular complexity index is 559. The van der Waals surface area contributed by atoms with Crippen LogP contribution in [0.15, 0.2) is 42.5 Å². The molecule has 0 bridgehead atoms. The molecule has 0 radical (unpaired) electrons. The van der Waals surface area contributed by atoms with Gasteiger partial charge in [0, 0.05) is 6.07 Å². The Kier molecular flexibility index (Phi) is 4.91. The van der Waals surface area contributed by atoms with E-state index >= 15 is 0 Å². The Hall–Kier alpha value is -1.67. The lowest BCUT2D eigenvalue weighted by atomic mass is 10.00. The van der Waals surface area contributed by atoms with Gasteiger partial charge in [-0.15, -0.1) is 11.6 Å². The van der Waals surface area contributed by atoms with Gasteiger partial charge in [0.1, 0.15) is 11.5 Å². The number of methoxy groups -OCH3 is 2. The highest BCUT2D eigenvalue weighted by Crippen LogP contribution is 2.32. The zero-order valence-electron chi connectivity index (χ0n) is 12.0. The Balaban J connectivity index is 2.24. The summed E-state index contributed by atoms with van der Waals surface area (Å²) in [6.07, 6.45) is 0.782. The minimum absolute atomic E-state index is 0.111. The predicted molar refractivity (Wildman–Crippen MR) is 83.0 cm³/mol. The van der Waals surface area contributed by atoms with Crippen molar-refractivity contribution in [3.63, 3.8) is 0 Å². The first-order valence-electron chi connectivity index (χ1n) is 6.55. The molecule has 2 aromatic carbocycles. The van der Waals surface area contributed by atoms with Crippen LogP contribution in [0.4, 0.5) is 0 Å². The maximum atomic E-state index is 6.56. The molecule has 106 valence electrons. The molecule has 0 amide bonds. The van der Waals surface area contributed by atoms with Crippen LogP contribution in [-0.2, 0) is 6.42 Å². The molecule has 0 N–H and O–H groups in total. The molecule has 2 aromatic rings. The van der Waals surface area contributed by atoms with E-state index < -0.39 is 0 Å². The van der Waals surface area contributed by atoms with Gasteiger partial charge in [-0.2, -0.15) is 0 Å². The first-order valence-corrected chi connectivity index (χ1v) is 6.99. The summed E-state index contributed by atoms with van der Waals surface area (Å²) in [5.74, 6) is 1.52. The lowest BCUT2D eigenvalue weighted by Crippen LogP contribution is -1.99. The molecule has 0 aliphatic rings. The van der Waals surface area contributed by atoms with E-state index in [4.69, 9.17) is 21.1 Å². The highest BCUT2D eigenvalue weighted by Gasteiger charge is 2.13. The van der Waals surface area contributed by atoms with Gasteiger partial charge in [-0.25, -0.2) is 0 Å². The van der Waals surface area contributed by atoms with Crippen LogP contribution in [0.25, 0.3) is 0 Å². The lowest BCUT2D eigenvalue weighted by Gasteiger charge is -2.14. The van der Waals surface area contributed by atoms with Crippen molar-refractivity contribution in [1.82, 2.24) is 0 Å². The number of halogens is 1. The first kappa shape index (κ1) is 14.7. The largest absolute Gasteiger partial charge is 0.497 e. The molecule has 2 nitrogen and oxygen atoms in total. The summed E-state index contributed by atoms with van der Waals surface area (Å²) in [5.41, 5.74) is 3.52. The molecule has 1 unspecified atom stereocenters. The molecule has 0 heterocycles. The van der Waals surface area contributed by atoms with Gasteiger partial charge in [0.15, 0.2) is 0 Å². The van der Waals surface area contributed by atoms with Crippen LogP contribution in [0.1, 0.15) is 22.1 Å². The Morgan fingerprint density at radius 1 is 1.00 bits per heavy atom. The summed E-state index contributed by atoms with van der Waals surface area (Å²) in [7, 11) is 3.28. The summed E-state index contributed by atoms with van der Waals surface area (Å²) in [6.45, 7) is 2.10. The third-order valence-electron chi connectivity index (χ3n) is 3.40. The molecule has 0 saturated carbocycles. The molecule has 20 heavy (non-hydrogen) atoms. The molecule has 2 rings (SSSR count). The quantitative estimate of drug-likeness (QED) is 0.753. The van der Waals surface area contributed by atoms with Crippen molar-refractivity contribution in [3.8, 4) is 11.5 Å². The third-order valence-corrected chi connectivity index (χ3v) is 3.80. The number of ether oxygens (including phenoxy) is 2.